The van der Waals surface area contributed by atoms with Crippen molar-refractivity contribution in [1.29, 1.82) is 0 Å². The van der Waals surface area contributed by atoms with Crippen molar-refractivity contribution in [2.45, 2.75) is 25.9 Å². The molecule has 5 nitrogen and oxygen atoms in total. The number of amides is 1. The summed E-state index contributed by atoms with van der Waals surface area (Å²) in [7, 11) is 0. The van der Waals surface area contributed by atoms with Crippen molar-refractivity contribution < 1.29 is 9.53 Å². The molecule has 1 atom stereocenters. The molecule has 3 heterocycles. The smallest absolute Gasteiger partial charge is 0.229 e. The van der Waals surface area contributed by atoms with Crippen molar-refractivity contribution in [2.75, 3.05) is 13.2 Å². The Balaban J connectivity index is 1.35. The minimum atomic E-state index is -0.0725. The zero-order chi connectivity index (χ0) is 21.9. The van der Waals surface area contributed by atoms with Crippen LogP contribution in [0.25, 0.3) is 10.6 Å². The second-order valence-corrected chi connectivity index (χ2v) is 8.66. The standard InChI is InChI=1S/C26H25N3O2S/c1-2-31-22-12-10-20(11-13-22)26-27-21(18-32-26)17-24(30)29-16-15-28-14-6-9-23(28)25(29)19-7-4-3-5-8-19/h3-14,18,25H,2,15-17H2,1H3. The van der Waals surface area contributed by atoms with Gasteiger partial charge in [-0.3, -0.25) is 4.79 Å². The van der Waals surface area contributed by atoms with Gasteiger partial charge in [0.25, 0.3) is 0 Å². The fourth-order valence-electron chi connectivity index (χ4n) is 4.28. The Bertz CT molecular complexity index is 1200. The van der Waals surface area contributed by atoms with Gasteiger partial charge in [-0.05, 0) is 48.9 Å². The highest BCUT2D eigenvalue weighted by Gasteiger charge is 2.32. The minimum Gasteiger partial charge on any atom is -0.494 e. The van der Waals surface area contributed by atoms with Crippen LogP contribution in [0, 0.1) is 0 Å². The summed E-state index contributed by atoms with van der Waals surface area (Å²) in [4.78, 5) is 20.2. The van der Waals surface area contributed by atoms with Gasteiger partial charge in [-0.15, -0.1) is 11.3 Å². The second kappa shape index (κ2) is 9.01. The van der Waals surface area contributed by atoms with Crippen LogP contribution in [0.3, 0.4) is 0 Å². The third-order valence-electron chi connectivity index (χ3n) is 5.77. The van der Waals surface area contributed by atoms with Crippen LogP contribution >= 0.6 is 11.3 Å². The highest BCUT2D eigenvalue weighted by Crippen LogP contribution is 2.33. The molecule has 1 unspecified atom stereocenters. The van der Waals surface area contributed by atoms with E-state index in [2.05, 4.69) is 35.0 Å². The zero-order valence-electron chi connectivity index (χ0n) is 18.0. The first-order valence-electron chi connectivity index (χ1n) is 10.9. The number of thiazole rings is 1. The van der Waals surface area contributed by atoms with Crippen molar-refractivity contribution in [2.24, 2.45) is 0 Å². The number of nitrogens with zero attached hydrogens (tertiary/aromatic N) is 3. The molecule has 0 spiro atoms. The van der Waals surface area contributed by atoms with Gasteiger partial charge in [-0.2, -0.15) is 0 Å². The van der Waals surface area contributed by atoms with Gasteiger partial charge < -0.3 is 14.2 Å². The van der Waals surface area contributed by atoms with E-state index in [0.717, 1.165) is 39.8 Å². The van der Waals surface area contributed by atoms with Gasteiger partial charge in [0.2, 0.25) is 5.91 Å². The fourth-order valence-corrected chi connectivity index (χ4v) is 5.10. The van der Waals surface area contributed by atoms with Crippen LogP contribution in [0.4, 0.5) is 0 Å². The van der Waals surface area contributed by atoms with Crippen molar-refractivity contribution in [3.63, 3.8) is 0 Å². The number of carbonyl (C=O) groups excluding carboxylic acids is 1. The Hall–Kier alpha value is -3.38. The topological polar surface area (TPSA) is 47.4 Å². The molecule has 0 radical (unpaired) electrons. The first-order valence-corrected chi connectivity index (χ1v) is 11.8. The van der Waals surface area contributed by atoms with E-state index in [0.29, 0.717) is 19.6 Å². The molecule has 0 saturated heterocycles. The summed E-state index contributed by atoms with van der Waals surface area (Å²) in [5.41, 5.74) is 4.14. The highest BCUT2D eigenvalue weighted by atomic mass is 32.1. The van der Waals surface area contributed by atoms with E-state index in [4.69, 9.17) is 9.72 Å². The first kappa shape index (κ1) is 20.5. The number of fused-ring (bicyclic) bond motifs is 1. The molecule has 162 valence electrons. The Labute approximate surface area is 191 Å². The van der Waals surface area contributed by atoms with E-state index in [1.165, 1.54) is 0 Å². The molecule has 0 N–H and O–H groups in total. The predicted molar refractivity (Wildman–Crippen MR) is 127 cm³/mol. The van der Waals surface area contributed by atoms with Gasteiger partial charge in [0.1, 0.15) is 10.8 Å². The molecule has 0 saturated carbocycles. The van der Waals surface area contributed by atoms with Crippen LogP contribution in [0.15, 0.2) is 78.3 Å². The SMILES string of the molecule is CCOc1ccc(-c2nc(CC(=O)N3CCn4cccc4C3c3ccccc3)cs2)cc1. The average molecular weight is 444 g/mol. The van der Waals surface area contributed by atoms with Gasteiger partial charge in [-0.1, -0.05) is 30.3 Å². The highest BCUT2D eigenvalue weighted by molar-refractivity contribution is 7.13. The third-order valence-corrected chi connectivity index (χ3v) is 6.71. The maximum Gasteiger partial charge on any atom is 0.229 e. The second-order valence-electron chi connectivity index (χ2n) is 7.80. The molecule has 1 aliphatic rings. The largest absolute Gasteiger partial charge is 0.494 e. The predicted octanol–water partition coefficient (Wildman–Crippen LogP) is 5.18. The molecule has 5 rings (SSSR count). The molecule has 2 aromatic heterocycles. The third kappa shape index (κ3) is 4.06. The number of hydrogen-bond acceptors (Lipinski definition) is 4. The lowest BCUT2D eigenvalue weighted by Crippen LogP contribution is -2.43. The van der Waals surface area contributed by atoms with Gasteiger partial charge in [0.05, 0.1) is 24.8 Å². The Morgan fingerprint density at radius 1 is 1.06 bits per heavy atom. The maximum atomic E-state index is 13.4. The summed E-state index contributed by atoms with van der Waals surface area (Å²) in [6.45, 7) is 4.12. The summed E-state index contributed by atoms with van der Waals surface area (Å²) in [5.74, 6) is 0.958. The molecule has 1 amide bonds. The van der Waals surface area contributed by atoms with Crippen molar-refractivity contribution >= 4 is 17.2 Å². The number of carbonyl (C=O) groups is 1. The van der Waals surface area contributed by atoms with Gasteiger partial charge in [-0.25, -0.2) is 4.98 Å². The summed E-state index contributed by atoms with van der Waals surface area (Å²) in [6.07, 6.45) is 2.40. The van der Waals surface area contributed by atoms with E-state index in [9.17, 15) is 4.79 Å². The number of rotatable bonds is 6. The molecule has 0 fully saturated rings. The van der Waals surface area contributed by atoms with Crippen LogP contribution in [0.1, 0.15) is 29.9 Å². The number of benzene rings is 2. The van der Waals surface area contributed by atoms with Crippen LogP contribution in [0.5, 0.6) is 5.75 Å². The van der Waals surface area contributed by atoms with Crippen LogP contribution in [0.2, 0.25) is 0 Å². The van der Waals surface area contributed by atoms with E-state index >= 15 is 0 Å². The number of aromatic nitrogens is 2. The minimum absolute atomic E-state index is 0.0725. The van der Waals surface area contributed by atoms with E-state index < -0.39 is 0 Å². The van der Waals surface area contributed by atoms with Crippen molar-refractivity contribution in [3.8, 4) is 16.3 Å². The van der Waals surface area contributed by atoms with E-state index in [1.807, 2.05) is 59.7 Å². The van der Waals surface area contributed by atoms with Crippen LogP contribution < -0.4 is 4.74 Å². The van der Waals surface area contributed by atoms with Gasteiger partial charge in [0, 0.05) is 35.9 Å². The van der Waals surface area contributed by atoms with Crippen molar-refractivity contribution in [3.05, 3.63) is 95.3 Å². The van der Waals surface area contributed by atoms with Crippen LogP contribution in [-0.4, -0.2) is 33.5 Å². The lowest BCUT2D eigenvalue weighted by atomic mass is 9.99. The lowest BCUT2D eigenvalue weighted by Gasteiger charge is -2.37. The average Bonchev–Trinajstić information content (AvgIpc) is 3.49. The van der Waals surface area contributed by atoms with E-state index in [1.54, 1.807) is 11.3 Å². The summed E-state index contributed by atoms with van der Waals surface area (Å²) >= 11 is 1.57. The summed E-state index contributed by atoms with van der Waals surface area (Å²) < 4.78 is 7.76. The Morgan fingerprint density at radius 2 is 1.88 bits per heavy atom. The Morgan fingerprint density at radius 3 is 2.66 bits per heavy atom. The fraction of sp³-hybridized carbons (Fsp3) is 0.231. The maximum absolute atomic E-state index is 13.4. The summed E-state index contributed by atoms with van der Waals surface area (Å²) in [5, 5.41) is 2.91. The first-order chi connectivity index (χ1) is 15.7. The Kier molecular flexibility index (Phi) is 5.77. The lowest BCUT2D eigenvalue weighted by molar-refractivity contribution is -0.133. The number of hydrogen-bond donors (Lipinski definition) is 0. The molecule has 0 bridgehead atoms. The quantitative estimate of drug-likeness (QED) is 0.412. The molecule has 4 aromatic rings. The van der Waals surface area contributed by atoms with E-state index in [-0.39, 0.29) is 11.9 Å². The number of ether oxygens (including phenoxy) is 1. The molecule has 32 heavy (non-hydrogen) atoms. The van der Waals surface area contributed by atoms with Crippen LogP contribution in [-0.2, 0) is 17.8 Å². The molecule has 2 aromatic carbocycles. The summed E-state index contributed by atoms with van der Waals surface area (Å²) in [6, 6.07) is 22.3. The zero-order valence-corrected chi connectivity index (χ0v) is 18.8. The molecular weight excluding hydrogens is 418 g/mol. The van der Waals surface area contributed by atoms with Gasteiger partial charge >= 0.3 is 0 Å². The molecule has 1 aliphatic heterocycles. The van der Waals surface area contributed by atoms with Gasteiger partial charge in [0.15, 0.2) is 0 Å². The normalized spacial score (nSPS) is 15.4. The van der Waals surface area contributed by atoms with Crippen molar-refractivity contribution in [1.82, 2.24) is 14.5 Å². The molecule has 6 heteroatoms. The molecule has 0 aliphatic carbocycles. The monoisotopic (exact) mass is 443 g/mol. The molecular formula is C26H25N3O2S.